The molecule has 0 radical (unpaired) electrons. The molecular weight excluding hydrogens is 348 g/mol. The van der Waals surface area contributed by atoms with Gasteiger partial charge in [-0.2, -0.15) is 0 Å². The Hall–Kier alpha value is -1.03. The van der Waals surface area contributed by atoms with Gasteiger partial charge in [0.15, 0.2) is 0 Å². The van der Waals surface area contributed by atoms with Gasteiger partial charge in [-0.05, 0) is 49.4 Å². The molecule has 2 nitrogen and oxygen atoms in total. The van der Waals surface area contributed by atoms with Crippen molar-refractivity contribution in [3.05, 3.63) is 63.1 Å². The highest BCUT2D eigenvalue weighted by Crippen LogP contribution is 2.31. The molecule has 0 spiro atoms. The quantitative estimate of drug-likeness (QED) is 0.798. The second-order valence-electron chi connectivity index (χ2n) is 5.15. The number of nitrogens with zero attached hydrogens (tertiary/aromatic N) is 1. The van der Waals surface area contributed by atoms with Crippen molar-refractivity contribution in [1.29, 1.82) is 0 Å². The number of hydrogen-bond donors (Lipinski definition) is 1. The molecule has 0 bridgehead atoms. The molecule has 0 fully saturated rings. The minimum absolute atomic E-state index is 0.244. The minimum atomic E-state index is 0.244. The molecule has 21 heavy (non-hydrogen) atoms. The van der Waals surface area contributed by atoms with Crippen LogP contribution in [0.3, 0.4) is 0 Å². The highest BCUT2D eigenvalue weighted by Gasteiger charge is 2.15. The first-order chi connectivity index (χ1) is 10.0. The fourth-order valence-corrected chi connectivity index (χ4v) is 2.95. The maximum atomic E-state index is 6.11. The third-order valence-electron chi connectivity index (χ3n) is 3.71. The molecule has 0 saturated carbocycles. The third-order valence-corrected chi connectivity index (χ3v) is 4.43. The van der Waals surface area contributed by atoms with Crippen LogP contribution in [0.15, 0.2) is 46.9 Å². The van der Waals surface area contributed by atoms with E-state index in [0.717, 1.165) is 16.0 Å². The second-order valence-corrected chi connectivity index (χ2v) is 6.50. The molecule has 0 aliphatic carbocycles. The van der Waals surface area contributed by atoms with Gasteiger partial charge in [0.05, 0.1) is 6.04 Å². The first-order valence-electron chi connectivity index (χ1n) is 6.94. The molecule has 1 atom stereocenters. The molecule has 112 valence electrons. The number of nitrogens with one attached hydrogen (secondary N) is 1. The summed E-state index contributed by atoms with van der Waals surface area (Å²) < 4.78 is 1.09. The van der Waals surface area contributed by atoms with E-state index < -0.39 is 0 Å². The Morgan fingerprint density at radius 3 is 2.67 bits per heavy atom. The van der Waals surface area contributed by atoms with Crippen molar-refractivity contribution in [2.45, 2.75) is 19.5 Å². The highest BCUT2D eigenvalue weighted by molar-refractivity contribution is 9.10. The smallest absolute Gasteiger partial charge is 0.0511 e. The van der Waals surface area contributed by atoms with Crippen LogP contribution in [-0.2, 0) is 6.54 Å². The van der Waals surface area contributed by atoms with E-state index in [9.17, 15) is 0 Å². The van der Waals surface area contributed by atoms with Gasteiger partial charge in [-0.1, -0.05) is 45.7 Å². The highest BCUT2D eigenvalue weighted by atomic mass is 79.9. The molecule has 0 aliphatic heterocycles. The fraction of sp³-hybridized carbons (Fsp3) is 0.294. The number of rotatable bonds is 5. The van der Waals surface area contributed by atoms with Crippen LogP contribution >= 0.6 is 27.5 Å². The van der Waals surface area contributed by atoms with Gasteiger partial charge in [0.1, 0.15) is 0 Å². The predicted molar refractivity (Wildman–Crippen MR) is 95.2 cm³/mol. The van der Waals surface area contributed by atoms with Crippen molar-refractivity contribution in [3.63, 3.8) is 0 Å². The summed E-state index contributed by atoms with van der Waals surface area (Å²) in [7, 11) is 4.08. The average Bonchev–Trinajstić information content (AvgIpc) is 2.48. The average molecular weight is 368 g/mol. The van der Waals surface area contributed by atoms with Crippen molar-refractivity contribution in [1.82, 2.24) is 5.32 Å². The topological polar surface area (TPSA) is 15.3 Å². The van der Waals surface area contributed by atoms with E-state index in [1.807, 2.05) is 25.2 Å². The summed E-state index contributed by atoms with van der Waals surface area (Å²) in [5.41, 5.74) is 3.70. The van der Waals surface area contributed by atoms with Crippen molar-refractivity contribution in [2.24, 2.45) is 0 Å². The van der Waals surface area contributed by atoms with E-state index in [4.69, 9.17) is 11.6 Å². The number of hydrogen-bond acceptors (Lipinski definition) is 2. The lowest BCUT2D eigenvalue weighted by atomic mass is 10.0. The summed E-state index contributed by atoms with van der Waals surface area (Å²) in [6.45, 7) is 3.03. The zero-order valence-electron chi connectivity index (χ0n) is 12.5. The van der Waals surface area contributed by atoms with Crippen molar-refractivity contribution >= 4 is 33.2 Å². The summed E-state index contributed by atoms with van der Waals surface area (Å²) in [4.78, 5) is 2.28. The zero-order chi connectivity index (χ0) is 15.4. The maximum absolute atomic E-state index is 6.11. The van der Waals surface area contributed by atoms with E-state index in [1.54, 1.807) is 0 Å². The predicted octanol–water partition coefficient (Wildman–Crippen LogP) is 5.02. The normalized spacial score (nSPS) is 12.2. The van der Waals surface area contributed by atoms with Crippen LogP contribution in [-0.4, -0.2) is 14.1 Å². The third kappa shape index (κ3) is 4.00. The standard InChI is InChI=1S/C17H20BrClN2/c1-12(13-5-4-6-16(19)9-13)21(3)17-10-15(18)8-7-14(17)11-20-2/h4-10,12,20H,11H2,1-3H3. The van der Waals surface area contributed by atoms with Gasteiger partial charge in [-0.25, -0.2) is 0 Å². The summed E-state index contributed by atoms with van der Waals surface area (Å²) in [5, 5.41) is 4.00. The fourth-order valence-electron chi connectivity index (χ4n) is 2.40. The summed E-state index contributed by atoms with van der Waals surface area (Å²) in [5.74, 6) is 0. The lowest BCUT2D eigenvalue weighted by Crippen LogP contribution is -2.23. The number of halogens is 2. The van der Waals surface area contributed by atoms with Gasteiger partial charge in [0.2, 0.25) is 0 Å². The molecular formula is C17H20BrClN2. The Bertz CT molecular complexity index is 615. The molecule has 0 heterocycles. The Labute approximate surface area is 140 Å². The number of benzene rings is 2. The van der Waals surface area contributed by atoms with Gasteiger partial charge >= 0.3 is 0 Å². The van der Waals surface area contributed by atoms with Crippen LogP contribution in [0.1, 0.15) is 24.1 Å². The van der Waals surface area contributed by atoms with Crippen LogP contribution < -0.4 is 10.2 Å². The summed E-state index contributed by atoms with van der Waals surface area (Å²) in [6.07, 6.45) is 0. The van der Waals surface area contributed by atoms with Gasteiger partial charge in [-0.15, -0.1) is 0 Å². The Morgan fingerprint density at radius 2 is 2.00 bits per heavy atom. The van der Waals surface area contributed by atoms with Crippen molar-refractivity contribution in [3.8, 4) is 0 Å². The van der Waals surface area contributed by atoms with Crippen LogP contribution in [0.5, 0.6) is 0 Å². The minimum Gasteiger partial charge on any atom is -0.368 e. The summed E-state index contributed by atoms with van der Waals surface area (Å²) >= 11 is 9.67. The van der Waals surface area contributed by atoms with Gasteiger partial charge in [0, 0.05) is 28.8 Å². The van der Waals surface area contributed by atoms with E-state index in [2.05, 4.69) is 64.4 Å². The number of anilines is 1. The van der Waals surface area contributed by atoms with Crippen LogP contribution in [0.4, 0.5) is 5.69 Å². The van der Waals surface area contributed by atoms with E-state index in [-0.39, 0.29) is 6.04 Å². The first kappa shape index (κ1) is 16.3. The maximum Gasteiger partial charge on any atom is 0.0511 e. The van der Waals surface area contributed by atoms with Gasteiger partial charge < -0.3 is 10.2 Å². The Kier molecular flexibility index (Phi) is 5.68. The molecule has 1 N–H and O–H groups in total. The molecule has 2 rings (SSSR count). The van der Waals surface area contributed by atoms with Crippen LogP contribution in [0.2, 0.25) is 5.02 Å². The van der Waals surface area contributed by atoms with E-state index in [0.29, 0.717) is 0 Å². The van der Waals surface area contributed by atoms with E-state index in [1.165, 1.54) is 16.8 Å². The molecule has 2 aromatic rings. The molecule has 0 amide bonds. The van der Waals surface area contributed by atoms with Crippen molar-refractivity contribution < 1.29 is 0 Å². The molecule has 4 heteroatoms. The van der Waals surface area contributed by atoms with Crippen LogP contribution in [0, 0.1) is 0 Å². The summed E-state index contributed by atoms with van der Waals surface area (Å²) in [6, 6.07) is 14.7. The second kappa shape index (κ2) is 7.30. The van der Waals surface area contributed by atoms with Crippen LogP contribution in [0.25, 0.3) is 0 Å². The Morgan fingerprint density at radius 1 is 1.24 bits per heavy atom. The van der Waals surface area contributed by atoms with Gasteiger partial charge in [0.25, 0.3) is 0 Å². The van der Waals surface area contributed by atoms with Gasteiger partial charge in [-0.3, -0.25) is 0 Å². The molecule has 1 unspecified atom stereocenters. The molecule has 0 aromatic heterocycles. The zero-order valence-corrected chi connectivity index (χ0v) is 14.9. The molecule has 2 aromatic carbocycles. The SMILES string of the molecule is CNCc1ccc(Br)cc1N(C)C(C)c1cccc(Cl)c1. The first-order valence-corrected chi connectivity index (χ1v) is 8.11. The molecule has 0 saturated heterocycles. The van der Waals surface area contributed by atoms with E-state index >= 15 is 0 Å². The van der Waals surface area contributed by atoms with Crippen molar-refractivity contribution in [2.75, 3.05) is 19.0 Å². The Balaban J connectivity index is 2.34. The largest absolute Gasteiger partial charge is 0.368 e. The monoisotopic (exact) mass is 366 g/mol. The lowest BCUT2D eigenvalue weighted by Gasteiger charge is -2.30. The molecule has 0 aliphatic rings. The lowest BCUT2D eigenvalue weighted by molar-refractivity contribution is 0.726.